The molecule has 1 heterocycles. The zero-order valence-corrected chi connectivity index (χ0v) is 12.5. The second kappa shape index (κ2) is 7.04. The number of primary amides is 1. The molecule has 0 aromatic heterocycles. The first kappa shape index (κ1) is 16.0. The summed E-state index contributed by atoms with van der Waals surface area (Å²) < 4.78 is 0. The highest BCUT2D eigenvalue weighted by atomic mass is 16.2. The number of carbonyl (C=O) groups is 3. The summed E-state index contributed by atoms with van der Waals surface area (Å²) in [6.45, 7) is 3.95. The predicted molar refractivity (Wildman–Crippen MR) is 81.1 cm³/mol. The number of nitrogens with zero attached hydrogens (tertiary/aromatic N) is 2. The second-order valence-corrected chi connectivity index (χ2v) is 5.22. The van der Waals surface area contributed by atoms with Crippen LogP contribution in [0.5, 0.6) is 0 Å². The van der Waals surface area contributed by atoms with Crippen LogP contribution < -0.4 is 11.1 Å². The van der Waals surface area contributed by atoms with E-state index >= 15 is 0 Å². The summed E-state index contributed by atoms with van der Waals surface area (Å²) in [6.07, 6.45) is 0. The number of piperazine rings is 1. The van der Waals surface area contributed by atoms with Crippen molar-refractivity contribution >= 4 is 17.8 Å². The highest BCUT2D eigenvalue weighted by molar-refractivity contribution is 5.96. The van der Waals surface area contributed by atoms with Gasteiger partial charge in [0, 0.05) is 31.7 Å². The molecule has 3 N–H and O–H groups in total. The van der Waals surface area contributed by atoms with Crippen molar-refractivity contribution < 1.29 is 14.4 Å². The van der Waals surface area contributed by atoms with E-state index in [2.05, 4.69) is 5.32 Å². The fourth-order valence-corrected chi connectivity index (χ4v) is 2.47. The Hall–Kier alpha value is -2.41. The Morgan fingerprint density at radius 2 is 1.68 bits per heavy atom. The van der Waals surface area contributed by atoms with E-state index in [0.29, 0.717) is 31.7 Å². The zero-order valence-electron chi connectivity index (χ0n) is 12.5. The Morgan fingerprint density at radius 3 is 2.23 bits per heavy atom. The van der Waals surface area contributed by atoms with Gasteiger partial charge >= 0.3 is 6.03 Å². The van der Waals surface area contributed by atoms with Crippen molar-refractivity contribution in [2.75, 3.05) is 26.2 Å². The minimum absolute atomic E-state index is 0.00510. The lowest BCUT2D eigenvalue weighted by atomic mass is 10.1. The van der Waals surface area contributed by atoms with Crippen LogP contribution in [0.25, 0.3) is 0 Å². The van der Waals surface area contributed by atoms with E-state index < -0.39 is 18.0 Å². The van der Waals surface area contributed by atoms with Crippen LogP contribution in [0.15, 0.2) is 30.3 Å². The lowest BCUT2D eigenvalue weighted by Crippen LogP contribution is -2.55. The number of rotatable bonds is 3. The maximum Gasteiger partial charge on any atom is 0.318 e. The molecule has 118 valence electrons. The third-order valence-electron chi connectivity index (χ3n) is 3.80. The minimum Gasteiger partial charge on any atom is -0.351 e. The van der Waals surface area contributed by atoms with E-state index in [9.17, 15) is 14.4 Å². The molecule has 7 heteroatoms. The first-order chi connectivity index (χ1) is 10.5. The van der Waals surface area contributed by atoms with Crippen LogP contribution >= 0.6 is 0 Å². The van der Waals surface area contributed by atoms with Crippen LogP contribution in [0, 0.1) is 0 Å². The lowest BCUT2D eigenvalue weighted by molar-refractivity contribution is -0.125. The summed E-state index contributed by atoms with van der Waals surface area (Å²) in [5, 5.41) is 2.08. The summed E-state index contributed by atoms with van der Waals surface area (Å²) in [7, 11) is 0. The number of imide groups is 1. The molecule has 1 atom stereocenters. The first-order valence-corrected chi connectivity index (χ1v) is 7.17. The number of amides is 4. The van der Waals surface area contributed by atoms with Crippen molar-refractivity contribution in [3.05, 3.63) is 35.9 Å². The molecule has 1 aliphatic rings. The second-order valence-electron chi connectivity index (χ2n) is 5.22. The number of hydrogen-bond acceptors (Lipinski definition) is 4. The highest BCUT2D eigenvalue weighted by Crippen LogP contribution is 2.10. The molecule has 2 rings (SSSR count). The average molecular weight is 304 g/mol. The van der Waals surface area contributed by atoms with Crippen molar-refractivity contribution in [2.45, 2.75) is 13.0 Å². The molecule has 0 saturated carbocycles. The van der Waals surface area contributed by atoms with Gasteiger partial charge in [0.05, 0.1) is 6.04 Å². The van der Waals surface area contributed by atoms with Crippen LogP contribution in [-0.2, 0) is 4.79 Å². The Balaban J connectivity index is 1.89. The number of urea groups is 1. The Morgan fingerprint density at radius 1 is 1.09 bits per heavy atom. The van der Waals surface area contributed by atoms with E-state index in [0.717, 1.165) is 0 Å². The molecule has 0 radical (unpaired) electrons. The fourth-order valence-electron chi connectivity index (χ4n) is 2.47. The number of hydrogen-bond donors (Lipinski definition) is 2. The van der Waals surface area contributed by atoms with Gasteiger partial charge < -0.3 is 10.6 Å². The molecule has 1 aromatic rings. The van der Waals surface area contributed by atoms with Gasteiger partial charge in [-0.1, -0.05) is 18.2 Å². The topological polar surface area (TPSA) is 95.7 Å². The van der Waals surface area contributed by atoms with Crippen LogP contribution in [0.1, 0.15) is 17.3 Å². The van der Waals surface area contributed by atoms with E-state index in [1.807, 2.05) is 23.1 Å². The van der Waals surface area contributed by atoms with Crippen molar-refractivity contribution in [1.29, 1.82) is 0 Å². The van der Waals surface area contributed by atoms with Gasteiger partial charge in [-0.15, -0.1) is 0 Å². The Kier molecular flexibility index (Phi) is 5.11. The molecule has 1 saturated heterocycles. The maximum absolute atomic E-state index is 12.3. The molecule has 1 aliphatic heterocycles. The summed E-state index contributed by atoms with van der Waals surface area (Å²) in [6, 6.07) is 7.80. The summed E-state index contributed by atoms with van der Waals surface area (Å²) in [5.74, 6) is -0.426. The van der Waals surface area contributed by atoms with Gasteiger partial charge in [-0.3, -0.25) is 19.8 Å². The molecule has 1 unspecified atom stereocenters. The molecular weight excluding hydrogens is 284 g/mol. The largest absolute Gasteiger partial charge is 0.351 e. The molecule has 0 spiro atoms. The van der Waals surface area contributed by atoms with Gasteiger partial charge in [-0.25, -0.2) is 4.79 Å². The van der Waals surface area contributed by atoms with Gasteiger partial charge in [0.1, 0.15) is 0 Å². The molecule has 1 aromatic carbocycles. The van der Waals surface area contributed by atoms with Gasteiger partial charge in [-0.05, 0) is 19.1 Å². The smallest absolute Gasteiger partial charge is 0.318 e. The van der Waals surface area contributed by atoms with Gasteiger partial charge in [0.2, 0.25) is 5.91 Å². The summed E-state index contributed by atoms with van der Waals surface area (Å²) >= 11 is 0. The van der Waals surface area contributed by atoms with Crippen molar-refractivity contribution in [1.82, 2.24) is 15.1 Å². The molecule has 22 heavy (non-hydrogen) atoms. The van der Waals surface area contributed by atoms with Gasteiger partial charge in [0.25, 0.3) is 5.91 Å². The summed E-state index contributed by atoms with van der Waals surface area (Å²) in [4.78, 5) is 38.5. The van der Waals surface area contributed by atoms with Crippen molar-refractivity contribution in [3.8, 4) is 0 Å². The fraction of sp³-hybridized carbons (Fsp3) is 0.400. The van der Waals surface area contributed by atoms with Gasteiger partial charge in [-0.2, -0.15) is 0 Å². The molecule has 0 bridgehead atoms. The number of benzene rings is 1. The van der Waals surface area contributed by atoms with E-state index in [1.54, 1.807) is 24.0 Å². The van der Waals surface area contributed by atoms with Gasteiger partial charge in [0.15, 0.2) is 0 Å². The average Bonchev–Trinajstić information content (AvgIpc) is 2.54. The van der Waals surface area contributed by atoms with Crippen LogP contribution in [0.3, 0.4) is 0 Å². The monoisotopic (exact) mass is 304 g/mol. The van der Waals surface area contributed by atoms with Crippen LogP contribution in [-0.4, -0.2) is 59.9 Å². The Bertz CT molecular complexity index is 553. The van der Waals surface area contributed by atoms with E-state index in [4.69, 9.17) is 5.73 Å². The number of nitrogens with two attached hydrogens (primary N) is 1. The molecule has 4 amide bonds. The maximum atomic E-state index is 12.3. The van der Waals surface area contributed by atoms with E-state index in [-0.39, 0.29) is 5.91 Å². The van der Waals surface area contributed by atoms with E-state index in [1.165, 1.54) is 0 Å². The highest BCUT2D eigenvalue weighted by Gasteiger charge is 2.28. The Labute approximate surface area is 129 Å². The first-order valence-electron chi connectivity index (χ1n) is 7.17. The normalized spacial score (nSPS) is 16.9. The summed E-state index contributed by atoms with van der Waals surface area (Å²) in [5.41, 5.74) is 5.61. The predicted octanol–water partition coefficient (Wildman–Crippen LogP) is 0.0278. The minimum atomic E-state index is -0.852. The third kappa shape index (κ3) is 3.82. The quantitative estimate of drug-likeness (QED) is 0.823. The third-order valence-corrected chi connectivity index (χ3v) is 3.80. The molecule has 0 aliphatic carbocycles. The molecular formula is C15H20N4O3. The zero-order chi connectivity index (χ0) is 16.1. The van der Waals surface area contributed by atoms with Crippen LogP contribution in [0.2, 0.25) is 0 Å². The number of nitrogens with one attached hydrogen (secondary N) is 1. The number of carbonyl (C=O) groups excluding carboxylic acids is 3. The van der Waals surface area contributed by atoms with Crippen molar-refractivity contribution in [2.24, 2.45) is 5.73 Å². The standard InChI is InChI=1S/C15H20N4O3/c1-11(13(20)17-15(16)22)18-7-9-19(10-8-18)14(21)12-5-3-2-4-6-12/h2-6,11H,7-10H2,1H3,(H3,16,17,20,22). The molecule has 7 nitrogen and oxygen atoms in total. The molecule has 1 fully saturated rings. The van der Waals surface area contributed by atoms with Crippen LogP contribution in [0.4, 0.5) is 4.79 Å². The SMILES string of the molecule is CC(C(=O)NC(N)=O)N1CCN(C(=O)c2ccccc2)CC1. The van der Waals surface area contributed by atoms with Crippen molar-refractivity contribution in [3.63, 3.8) is 0 Å². The lowest BCUT2D eigenvalue weighted by Gasteiger charge is -2.37.